The fourth-order valence-electron chi connectivity index (χ4n) is 1.65. The Labute approximate surface area is 89.5 Å². The van der Waals surface area contributed by atoms with Crippen molar-refractivity contribution in [3.63, 3.8) is 0 Å². The second kappa shape index (κ2) is 4.79. The molecule has 0 fully saturated rings. The Morgan fingerprint density at radius 3 is 2.93 bits per heavy atom. The zero-order valence-electron chi connectivity index (χ0n) is 8.93. The summed E-state index contributed by atoms with van der Waals surface area (Å²) in [4.78, 5) is 0. The molecule has 0 atom stereocenters. The molecule has 2 heterocycles. The molecule has 2 aromatic rings. The van der Waals surface area contributed by atoms with Crippen LogP contribution in [0.1, 0.15) is 5.69 Å². The molecule has 0 aliphatic rings. The van der Waals surface area contributed by atoms with Gasteiger partial charge in [-0.05, 0) is 25.2 Å². The van der Waals surface area contributed by atoms with Crippen LogP contribution in [0, 0.1) is 0 Å². The fraction of sp³-hybridized carbons (Fsp3) is 0.364. The van der Waals surface area contributed by atoms with Crippen molar-refractivity contribution in [2.45, 2.75) is 19.6 Å². The lowest BCUT2D eigenvalue weighted by Gasteiger charge is -2.08. The van der Waals surface area contributed by atoms with Crippen LogP contribution in [-0.4, -0.2) is 21.4 Å². The Kier molecular flexibility index (Phi) is 3.19. The van der Waals surface area contributed by atoms with Crippen LogP contribution < -0.4 is 5.32 Å². The van der Waals surface area contributed by atoms with E-state index in [0.29, 0.717) is 0 Å². The van der Waals surface area contributed by atoms with Crippen molar-refractivity contribution in [1.82, 2.24) is 19.7 Å². The topological polar surface area (TPSA) is 34.8 Å². The molecule has 0 radical (unpaired) electrons. The van der Waals surface area contributed by atoms with Crippen LogP contribution >= 0.6 is 0 Å². The van der Waals surface area contributed by atoms with Crippen LogP contribution in [0.25, 0.3) is 0 Å². The van der Waals surface area contributed by atoms with Crippen LogP contribution in [0.5, 0.6) is 0 Å². The van der Waals surface area contributed by atoms with Crippen molar-refractivity contribution in [2.24, 2.45) is 0 Å². The van der Waals surface area contributed by atoms with Crippen molar-refractivity contribution >= 4 is 0 Å². The van der Waals surface area contributed by atoms with Gasteiger partial charge in [0.25, 0.3) is 0 Å². The van der Waals surface area contributed by atoms with Gasteiger partial charge in [-0.25, -0.2) is 0 Å². The molecule has 80 valence electrons. The predicted octanol–water partition coefficient (Wildman–Crippen LogP) is 1.10. The van der Waals surface area contributed by atoms with E-state index in [1.807, 2.05) is 30.2 Å². The molecule has 15 heavy (non-hydrogen) atoms. The number of hydrogen-bond acceptors (Lipinski definition) is 2. The van der Waals surface area contributed by atoms with Crippen LogP contribution in [-0.2, 0) is 19.6 Å². The molecule has 0 aliphatic carbocycles. The second-order valence-electron chi connectivity index (χ2n) is 3.49. The summed E-state index contributed by atoms with van der Waals surface area (Å²) in [5.41, 5.74) is 1.31. The highest BCUT2D eigenvalue weighted by Gasteiger charge is 1.99. The number of rotatable bonds is 5. The summed E-state index contributed by atoms with van der Waals surface area (Å²) >= 11 is 0. The largest absolute Gasteiger partial charge is 0.348 e. The van der Waals surface area contributed by atoms with E-state index < -0.39 is 0 Å². The Morgan fingerprint density at radius 1 is 1.27 bits per heavy atom. The normalized spacial score (nSPS) is 10.7. The molecule has 2 rings (SSSR count). The van der Waals surface area contributed by atoms with E-state index in [2.05, 4.69) is 33.3 Å². The Bertz CT molecular complexity index is 388. The minimum Gasteiger partial charge on any atom is -0.348 e. The smallest absolute Gasteiger partial charge is 0.0588 e. The maximum atomic E-state index is 4.18. The van der Waals surface area contributed by atoms with Gasteiger partial charge in [0.2, 0.25) is 0 Å². The molecule has 0 spiro atoms. The first-order valence-electron chi connectivity index (χ1n) is 5.16. The molecule has 4 nitrogen and oxygen atoms in total. The molecule has 4 heteroatoms. The van der Waals surface area contributed by atoms with Gasteiger partial charge in [-0.2, -0.15) is 5.10 Å². The maximum Gasteiger partial charge on any atom is 0.0588 e. The Balaban J connectivity index is 1.95. The van der Waals surface area contributed by atoms with E-state index in [-0.39, 0.29) is 0 Å². The van der Waals surface area contributed by atoms with Gasteiger partial charge in [-0.1, -0.05) is 0 Å². The lowest BCUT2D eigenvalue weighted by Crippen LogP contribution is -2.13. The van der Waals surface area contributed by atoms with Crippen LogP contribution in [0.2, 0.25) is 0 Å². The minimum absolute atomic E-state index is 0.909. The fourth-order valence-corrected chi connectivity index (χ4v) is 1.65. The third-order valence-electron chi connectivity index (χ3n) is 2.41. The lowest BCUT2D eigenvalue weighted by atomic mass is 10.4. The van der Waals surface area contributed by atoms with Gasteiger partial charge in [0.05, 0.1) is 6.54 Å². The second-order valence-corrected chi connectivity index (χ2v) is 3.49. The molecule has 2 aromatic heterocycles. The van der Waals surface area contributed by atoms with E-state index in [4.69, 9.17) is 0 Å². The van der Waals surface area contributed by atoms with E-state index in [9.17, 15) is 0 Å². The van der Waals surface area contributed by atoms with Crippen LogP contribution in [0.3, 0.4) is 0 Å². The zero-order chi connectivity index (χ0) is 10.5. The summed E-state index contributed by atoms with van der Waals surface area (Å²) in [6.07, 6.45) is 5.90. The third kappa shape index (κ3) is 2.47. The minimum atomic E-state index is 0.909. The zero-order valence-corrected chi connectivity index (χ0v) is 8.93. The van der Waals surface area contributed by atoms with Gasteiger partial charge in [0.15, 0.2) is 0 Å². The van der Waals surface area contributed by atoms with Gasteiger partial charge in [-0.3, -0.25) is 4.68 Å². The van der Waals surface area contributed by atoms with E-state index >= 15 is 0 Å². The summed E-state index contributed by atoms with van der Waals surface area (Å²) in [5, 5.41) is 7.34. The highest BCUT2D eigenvalue weighted by molar-refractivity contribution is 5.06. The van der Waals surface area contributed by atoms with Crippen molar-refractivity contribution in [1.29, 1.82) is 0 Å². The summed E-state index contributed by atoms with van der Waals surface area (Å²) in [5.74, 6) is 0. The molecule has 0 aliphatic heterocycles. The quantitative estimate of drug-likeness (QED) is 0.791. The average molecular weight is 204 g/mol. The van der Waals surface area contributed by atoms with Gasteiger partial charge in [-0.15, -0.1) is 0 Å². The molecule has 0 saturated heterocycles. The third-order valence-corrected chi connectivity index (χ3v) is 2.41. The van der Waals surface area contributed by atoms with E-state index in [1.165, 1.54) is 5.69 Å². The van der Waals surface area contributed by atoms with Crippen LogP contribution in [0.4, 0.5) is 0 Å². The van der Waals surface area contributed by atoms with Crippen molar-refractivity contribution in [3.05, 3.63) is 42.5 Å². The van der Waals surface area contributed by atoms with Crippen molar-refractivity contribution < 1.29 is 0 Å². The highest BCUT2D eigenvalue weighted by Crippen LogP contribution is 2.02. The SMILES string of the molecule is CNCc1cccn1CCn1cccn1. The molecule has 0 bridgehead atoms. The van der Waals surface area contributed by atoms with Gasteiger partial charge in [0.1, 0.15) is 0 Å². The molecular formula is C11H16N4. The molecular weight excluding hydrogens is 188 g/mol. The van der Waals surface area contributed by atoms with Crippen molar-refractivity contribution in [2.75, 3.05) is 7.05 Å². The maximum absolute atomic E-state index is 4.18. The number of aromatic nitrogens is 3. The average Bonchev–Trinajstić information content (AvgIpc) is 2.85. The summed E-state index contributed by atoms with van der Waals surface area (Å²) in [7, 11) is 1.96. The first kappa shape index (κ1) is 9.98. The summed E-state index contributed by atoms with van der Waals surface area (Å²) < 4.78 is 4.20. The first-order chi connectivity index (χ1) is 7.40. The first-order valence-corrected chi connectivity index (χ1v) is 5.16. The number of nitrogens with zero attached hydrogens (tertiary/aromatic N) is 3. The molecule has 0 unspecified atom stereocenters. The standard InChI is InChI=1S/C11H16N4/c1-12-10-11-4-2-6-14(11)8-9-15-7-3-5-13-15/h2-7,12H,8-10H2,1H3. The highest BCUT2D eigenvalue weighted by atomic mass is 15.3. The lowest BCUT2D eigenvalue weighted by molar-refractivity contribution is 0.519. The molecule has 1 N–H and O–H groups in total. The summed E-state index contributed by atoms with van der Waals surface area (Å²) in [6, 6.07) is 6.17. The Hall–Kier alpha value is -1.55. The monoisotopic (exact) mass is 204 g/mol. The predicted molar refractivity (Wildman–Crippen MR) is 59.4 cm³/mol. The van der Waals surface area contributed by atoms with E-state index in [0.717, 1.165) is 19.6 Å². The summed E-state index contributed by atoms with van der Waals surface area (Å²) in [6.45, 7) is 2.79. The van der Waals surface area contributed by atoms with Gasteiger partial charge >= 0.3 is 0 Å². The number of hydrogen-bond donors (Lipinski definition) is 1. The van der Waals surface area contributed by atoms with Gasteiger partial charge < -0.3 is 9.88 Å². The van der Waals surface area contributed by atoms with E-state index in [1.54, 1.807) is 0 Å². The molecule has 0 saturated carbocycles. The number of aryl methyl sites for hydroxylation is 2. The molecule has 0 amide bonds. The van der Waals surface area contributed by atoms with Crippen molar-refractivity contribution in [3.8, 4) is 0 Å². The van der Waals surface area contributed by atoms with Gasteiger partial charge in [0, 0.05) is 37.4 Å². The Morgan fingerprint density at radius 2 is 2.20 bits per heavy atom. The molecule has 0 aromatic carbocycles. The number of nitrogens with one attached hydrogen (secondary N) is 1. The van der Waals surface area contributed by atoms with Crippen LogP contribution in [0.15, 0.2) is 36.8 Å².